The van der Waals surface area contributed by atoms with Gasteiger partial charge in [0.25, 0.3) is 0 Å². The lowest BCUT2D eigenvalue weighted by Gasteiger charge is -2.22. The average Bonchev–Trinajstić information content (AvgIpc) is 2.75. The molecule has 0 spiro atoms. The maximum absolute atomic E-state index is 10.6. The Hall–Kier alpha value is -0.350. The first-order valence-corrected chi connectivity index (χ1v) is 8.80. The van der Waals surface area contributed by atoms with E-state index < -0.39 is 0 Å². The normalized spacial score (nSPS) is 13.2. The monoisotopic (exact) mass is 344 g/mol. The van der Waals surface area contributed by atoms with Gasteiger partial charge in [0.1, 0.15) is 0 Å². The van der Waals surface area contributed by atoms with Crippen LogP contribution >= 0.6 is 15.9 Å². The van der Waals surface area contributed by atoms with Crippen LogP contribution in [0.1, 0.15) is 64.8 Å². The maximum atomic E-state index is 10.6. The summed E-state index contributed by atoms with van der Waals surface area (Å²) in [6, 6.07) is 0. The number of halogens is 1. The van der Waals surface area contributed by atoms with Gasteiger partial charge in [0.05, 0.1) is 22.0 Å². The largest absolute Gasteiger partial charge is 0.392 e. The second-order valence-electron chi connectivity index (χ2n) is 5.49. The fourth-order valence-electron chi connectivity index (χ4n) is 2.85. The Bertz CT molecular complexity index is 397. The van der Waals surface area contributed by atoms with Crippen LogP contribution in [0.25, 0.3) is 0 Å². The molecule has 1 aromatic rings. The van der Waals surface area contributed by atoms with Crippen LogP contribution in [-0.2, 0) is 19.4 Å². The Morgan fingerprint density at radius 1 is 1.15 bits per heavy atom. The van der Waals surface area contributed by atoms with Crippen molar-refractivity contribution in [2.24, 2.45) is 5.92 Å². The summed E-state index contributed by atoms with van der Waals surface area (Å²) in [4.78, 5) is 0. The summed E-state index contributed by atoms with van der Waals surface area (Å²) in [6.45, 7) is 9.45. The van der Waals surface area contributed by atoms with Crippen LogP contribution in [0.5, 0.6) is 0 Å². The third-order valence-electron chi connectivity index (χ3n) is 3.96. The Morgan fingerprint density at radius 3 is 2.20 bits per heavy atom. The van der Waals surface area contributed by atoms with Gasteiger partial charge < -0.3 is 5.11 Å². The quantitative estimate of drug-likeness (QED) is 0.723. The van der Waals surface area contributed by atoms with Gasteiger partial charge in [0.15, 0.2) is 0 Å². The zero-order valence-corrected chi connectivity index (χ0v) is 14.9. The molecule has 20 heavy (non-hydrogen) atoms. The molecule has 0 bridgehead atoms. The van der Waals surface area contributed by atoms with Crippen molar-refractivity contribution in [1.29, 1.82) is 0 Å². The molecule has 1 N–H and O–H groups in total. The minimum Gasteiger partial charge on any atom is -0.392 e. The number of nitrogens with zero attached hydrogens (tertiary/aromatic N) is 2. The summed E-state index contributed by atoms with van der Waals surface area (Å²) in [5.41, 5.74) is 2.24. The summed E-state index contributed by atoms with van der Waals surface area (Å²) in [5, 5.41) is 15.2. The van der Waals surface area contributed by atoms with Crippen LogP contribution in [0.3, 0.4) is 0 Å². The van der Waals surface area contributed by atoms with Gasteiger partial charge in [-0.3, -0.25) is 4.68 Å². The predicted octanol–water partition coefficient (Wildman–Crippen LogP) is 4.35. The number of rotatable bonds is 9. The maximum Gasteiger partial charge on any atom is 0.0766 e. The Balaban J connectivity index is 2.87. The molecule has 1 rings (SSSR count). The highest BCUT2D eigenvalue weighted by Crippen LogP contribution is 2.27. The third-order valence-corrected chi connectivity index (χ3v) is 4.88. The molecular formula is C16H29BrN2O. The summed E-state index contributed by atoms with van der Waals surface area (Å²) >= 11 is 3.66. The highest BCUT2D eigenvalue weighted by molar-refractivity contribution is 9.10. The number of aryl methyl sites for hydroxylation is 2. The van der Waals surface area contributed by atoms with E-state index in [1.54, 1.807) is 0 Å². The molecular weight excluding hydrogens is 316 g/mol. The van der Waals surface area contributed by atoms with Crippen LogP contribution in [0.2, 0.25) is 0 Å². The summed E-state index contributed by atoms with van der Waals surface area (Å²) in [7, 11) is 0. The minimum atomic E-state index is -0.266. The molecule has 1 heterocycles. The van der Waals surface area contributed by atoms with Gasteiger partial charge in [-0.15, -0.1) is 0 Å². The first-order chi connectivity index (χ1) is 9.58. The molecule has 0 fully saturated rings. The molecule has 0 radical (unpaired) electrons. The number of hydrogen-bond donors (Lipinski definition) is 1. The van der Waals surface area contributed by atoms with Gasteiger partial charge in [0.2, 0.25) is 0 Å². The van der Waals surface area contributed by atoms with E-state index >= 15 is 0 Å². The number of aliphatic hydroxyl groups is 1. The van der Waals surface area contributed by atoms with E-state index in [-0.39, 0.29) is 6.10 Å². The Kier molecular flexibility index (Phi) is 7.82. The van der Waals surface area contributed by atoms with Crippen molar-refractivity contribution in [3.05, 3.63) is 15.9 Å². The van der Waals surface area contributed by atoms with E-state index in [1.165, 1.54) is 0 Å². The van der Waals surface area contributed by atoms with Crippen LogP contribution in [0, 0.1) is 5.92 Å². The molecule has 0 amide bonds. The predicted molar refractivity (Wildman–Crippen MR) is 88.0 cm³/mol. The number of hydrogen-bond acceptors (Lipinski definition) is 2. The smallest absolute Gasteiger partial charge is 0.0766 e. The average molecular weight is 345 g/mol. The fraction of sp³-hybridized carbons (Fsp3) is 0.812. The summed E-state index contributed by atoms with van der Waals surface area (Å²) < 4.78 is 3.12. The molecule has 0 aliphatic heterocycles. The first kappa shape index (κ1) is 17.7. The molecule has 0 saturated heterocycles. The van der Waals surface area contributed by atoms with Crippen molar-refractivity contribution in [3.63, 3.8) is 0 Å². The first-order valence-electron chi connectivity index (χ1n) is 8.00. The SMILES string of the molecule is CCCC(CCC)C(O)Cc1c(Br)c(CC)nn1CC. The molecule has 3 nitrogen and oxygen atoms in total. The Morgan fingerprint density at radius 2 is 1.75 bits per heavy atom. The molecule has 1 atom stereocenters. The standard InChI is InChI=1S/C16H29BrN2O/c1-5-9-12(10-6-2)15(20)11-14-16(17)13(7-3)18-19(14)8-4/h12,15,20H,5-11H2,1-4H3. The zero-order valence-electron chi connectivity index (χ0n) is 13.3. The second kappa shape index (κ2) is 8.83. The van der Waals surface area contributed by atoms with Crippen molar-refractivity contribution in [2.45, 2.75) is 78.9 Å². The van der Waals surface area contributed by atoms with E-state index in [0.29, 0.717) is 12.3 Å². The van der Waals surface area contributed by atoms with E-state index in [1.807, 2.05) is 4.68 Å². The molecule has 0 aliphatic carbocycles. The van der Waals surface area contributed by atoms with Gasteiger partial charge >= 0.3 is 0 Å². The van der Waals surface area contributed by atoms with Crippen molar-refractivity contribution in [2.75, 3.05) is 0 Å². The molecule has 4 heteroatoms. The topological polar surface area (TPSA) is 38.1 Å². The third kappa shape index (κ3) is 4.32. The van der Waals surface area contributed by atoms with Gasteiger partial charge in [-0.1, -0.05) is 33.6 Å². The van der Waals surface area contributed by atoms with E-state index in [4.69, 9.17) is 0 Å². The van der Waals surface area contributed by atoms with Crippen molar-refractivity contribution < 1.29 is 5.11 Å². The lowest BCUT2D eigenvalue weighted by molar-refractivity contribution is 0.0942. The zero-order chi connectivity index (χ0) is 15.1. The van der Waals surface area contributed by atoms with Crippen LogP contribution in [0.15, 0.2) is 4.47 Å². The number of aliphatic hydroxyl groups excluding tert-OH is 1. The minimum absolute atomic E-state index is 0.266. The fourth-order valence-corrected chi connectivity index (χ4v) is 3.57. The molecule has 0 saturated carbocycles. The van der Waals surface area contributed by atoms with Crippen LogP contribution in [-0.4, -0.2) is 21.0 Å². The van der Waals surface area contributed by atoms with Gasteiger partial charge in [-0.2, -0.15) is 5.10 Å². The molecule has 0 aromatic carbocycles. The van der Waals surface area contributed by atoms with E-state index in [9.17, 15) is 5.11 Å². The van der Waals surface area contributed by atoms with Gasteiger partial charge in [-0.25, -0.2) is 0 Å². The molecule has 1 unspecified atom stereocenters. The number of aromatic nitrogens is 2. The van der Waals surface area contributed by atoms with E-state index in [2.05, 4.69) is 48.7 Å². The highest BCUT2D eigenvalue weighted by atomic mass is 79.9. The van der Waals surface area contributed by atoms with Crippen molar-refractivity contribution in [3.8, 4) is 0 Å². The van der Waals surface area contributed by atoms with Crippen molar-refractivity contribution in [1.82, 2.24) is 9.78 Å². The lowest BCUT2D eigenvalue weighted by Crippen LogP contribution is -2.24. The summed E-state index contributed by atoms with van der Waals surface area (Å²) in [5.74, 6) is 0.405. The van der Waals surface area contributed by atoms with Crippen LogP contribution in [0.4, 0.5) is 0 Å². The van der Waals surface area contributed by atoms with Crippen molar-refractivity contribution >= 4 is 15.9 Å². The van der Waals surface area contributed by atoms with Gasteiger partial charge in [-0.05, 0) is 48.0 Å². The molecule has 116 valence electrons. The summed E-state index contributed by atoms with van der Waals surface area (Å²) in [6.07, 6.45) is 5.83. The van der Waals surface area contributed by atoms with E-state index in [0.717, 1.165) is 54.5 Å². The Labute approximate surface area is 131 Å². The van der Waals surface area contributed by atoms with Crippen LogP contribution < -0.4 is 0 Å². The van der Waals surface area contributed by atoms with Gasteiger partial charge in [0, 0.05) is 13.0 Å². The highest BCUT2D eigenvalue weighted by Gasteiger charge is 2.22. The molecule has 0 aliphatic rings. The molecule has 1 aromatic heterocycles. The lowest BCUT2D eigenvalue weighted by atomic mass is 9.90. The second-order valence-corrected chi connectivity index (χ2v) is 6.28.